The van der Waals surface area contributed by atoms with E-state index in [1.165, 1.54) is 0 Å². The lowest BCUT2D eigenvalue weighted by molar-refractivity contribution is 0.0931. The molecule has 0 unspecified atom stereocenters. The van der Waals surface area contributed by atoms with Crippen LogP contribution in [0.25, 0.3) is 11.3 Å². The van der Waals surface area contributed by atoms with Crippen molar-refractivity contribution in [2.45, 2.75) is 0 Å². The van der Waals surface area contributed by atoms with Gasteiger partial charge in [0.05, 0.1) is 12.3 Å². The zero-order chi connectivity index (χ0) is 14.4. The van der Waals surface area contributed by atoms with Crippen LogP contribution in [0, 0.1) is 0 Å². The van der Waals surface area contributed by atoms with E-state index in [9.17, 15) is 9.59 Å². The molecular weight excluding hydrogens is 258 g/mol. The molecule has 1 aromatic heterocycles. The summed E-state index contributed by atoms with van der Waals surface area (Å²) in [6.07, 6.45) is 0. The van der Waals surface area contributed by atoms with Crippen molar-refractivity contribution in [2.24, 2.45) is 0 Å². The monoisotopic (exact) mass is 273 g/mol. The fraction of sp³-hybridized carbons (Fsp3) is 0.214. The van der Waals surface area contributed by atoms with Gasteiger partial charge < -0.3 is 15.0 Å². The van der Waals surface area contributed by atoms with Crippen molar-refractivity contribution in [1.29, 1.82) is 0 Å². The lowest BCUT2D eigenvalue weighted by Gasteiger charge is -2.06. The first-order valence-corrected chi connectivity index (χ1v) is 6.14. The molecule has 2 N–H and O–H groups in total. The molecule has 2 rings (SSSR count). The van der Waals surface area contributed by atoms with E-state index in [2.05, 4.69) is 15.3 Å². The minimum atomic E-state index is -0.553. The van der Waals surface area contributed by atoms with Crippen molar-refractivity contribution < 1.29 is 9.53 Å². The van der Waals surface area contributed by atoms with Crippen molar-refractivity contribution >= 4 is 5.91 Å². The Bertz CT molecular complexity index is 638. The molecule has 1 heterocycles. The molecule has 0 saturated carbocycles. The van der Waals surface area contributed by atoms with E-state index in [0.717, 1.165) is 5.56 Å². The minimum absolute atomic E-state index is 0.181. The number of aromatic amines is 1. The highest BCUT2D eigenvalue weighted by Gasteiger charge is 2.09. The van der Waals surface area contributed by atoms with Gasteiger partial charge in [-0.1, -0.05) is 30.3 Å². The summed E-state index contributed by atoms with van der Waals surface area (Å²) in [5.41, 5.74) is 0.874. The van der Waals surface area contributed by atoms with Gasteiger partial charge in [0.15, 0.2) is 0 Å². The van der Waals surface area contributed by atoms with Gasteiger partial charge in [-0.15, -0.1) is 0 Å². The van der Waals surface area contributed by atoms with Gasteiger partial charge in [0.1, 0.15) is 5.69 Å². The van der Waals surface area contributed by atoms with E-state index in [4.69, 9.17) is 4.74 Å². The van der Waals surface area contributed by atoms with Crippen LogP contribution in [0.5, 0.6) is 0 Å². The topological polar surface area (TPSA) is 84.1 Å². The van der Waals surface area contributed by atoms with Gasteiger partial charge in [0, 0.05) is 19.2 Å². The second kappa shape index (κ2) is 6.63. The number of nitrogens with one attached hydrogen (secondary N) is 2. The zero-order valence-corrected chi connectivity index (χ0v) is 11.1. The minimum Gasteiger partial charge on any atom is -0.383 e. The Labute approximate surface area is 115 Å². The van der Waals surface area contributed by atoms with Gasteiger partial charge in [-0.3, -0.25) is 4.79 Å². The molecule has 0 bridgehead atoms. The molecule has 0 fully saturated rings. The molecule has 0 atom stereocenters. The van der Waals surface area contributed by atoms with Crippen LogP contribution >= 0.6 is 0 Å². The van der Waals surface area contributed by atoms with Crippen LogP contribution in [0.1, 0.15) is 10.5 Å². The van der Waals surface area contributed by atoms with E-state index >= 15 is 0 Å². The number of rotatable bonds is 5. The third-order valence-corrected chi connectivity index (χ3v) is 2.65. The molecule has 0 aliphatic rings. The number of aromatic nitrogens is 2. The molecule has 1 aromatic carbocycles. The Balaban J connectivity index is 2.25. The second-order valence-corrected chi connectivity index (χ2v) is 4.10. The Morgan fingerprint density at radius 3 is 2.80 bits per heavy atom. The molecule has 0 saturated heterocycles. The summed E-state index contributed by atoms with van der Waals surface area (Å²) in [4.78, 5) is 29.7. The second-order valence-electron chi connectivity index (χ2n) is 4.10. The van der Waals surface area contributed by atoms with Crippen LogP contribution in [0.2, 0.25) is 0 Å². The van der Waals surface area contributed by atoms with Crippen LogP contribution in [0.15, 0.2) is 41.2 Å². The number of methoxy groups -OCH3 is 1. The van der Waals surface area contributed by atoms with E-state index in [0.29, 0.717) is 18.8 Å². The normalized spacial score (nSPS) is 10.2. The van der Waals surface area contributed by atoms with Gasteiger partial charge in [0.25, 0.3) is 5.91 Å². The third-order valence-electron chi connectivity index (χ3n) is 2.65. The molecule has 104 valence electrons. The van der Waals surface area contributed by atoms with Crippen LogP contribution in [0.3, 0.4) is 0 Å². The smallest absolute Gasteiger partial charge is 0.346 e. The average molecular weight is 273 g/mol. The van der Waals surface area contributed by atoms with Gasteiger partial charge in [-0.2, -0.15) is 4.98 Å². The Hall–Kier alpha value is -2.47. The number of H-pyrrole nitrogens is 1. The van der Waals surface area contributed by atoms with Crippen molar-refractivity contribution in [3.05, 3.63) is 52.6 Å². The number of hydrogen-bond acceptors (Lipinski definition) is 4. The van der Waals surface area contributed by atoms with Gasteiger partial charge in [-0.25, -0.2) is 4.79 Å². The Morgan fingerprint density at radius 2 is 2.10 bits per heavy atom. The molecule has 0 aliphatic carbocycles. The van der Waals surface area contributed by atoms with E-state index in [1.54, 1.807) is 13.2 Å². The first-order valence-electron chi connectivity index (χ1n) is 6.14. The van der Waals surface area contributed by atoms with Gasteiger partial charge >= 0.3 is 5.69 Å². The first kappa shape index (κ1) is 14.0. The van der Waals surface area contributed by atoms with E-state index < -0.39 is 5.69 Å². The average Bonchev–Trinajstić information content (AvgIpc) is 2.47. The number of nitrogens with zero attached hydrogens (tertiary/aromatic N) is 1. The highest BCUT2D eigenvalue weighted by Crippen LogP contribution is 2.14. The molecular formula is C14H15N3O3. The molecule has 6 heteroatoms. The molecule has 1 amide bonds. The van der Waals surface area contributed by atoms with E-state index in [1.807, 2.05) is 30.3 Å². The number of ether oxygens (including phenoxy) is 1. The molecule has 0 radical (unpaired) electrons. The van der Waals surface area contributed by atoms with Crippen molar-refractivity contribution in [2.75, 3.05) is 20.3 Å². The first-order chi connectivity index (χ1) is 9.70. The predicted molar refractivity (Wildman–Crippen MR) is 74.5 cm³/mol. The van der Waals surface area contributed by atoms with Crippen molar-refractivity contribution in [3.63, 3.8) is 0 Å². The summed E-state index contributed by atoms with van der Waals surface area (Å²) >= 11 is 0. The maximum atomic E-state index is 11.9. The third kappa shape index (κ3) is 3.52. The van der Waals surface area contributed by atoms with Crippen molar-refractivity contribution in [1.82, 2.24) is 15.3 Å². The van der Waals surface area contributed by atoms with Crippen LogP contribution < -0.4 is 11.0 Å². The number of carbonyl (C=O) groups excluding carboxylic acids is 1. The summed E-state index contributed by atoms with van der Waals surface area (Å²) in [6.45, 7) is 0.785. The number of amides is 1. The number of benzene rings is 1. The predicted octanol–water partition coefficient (Wildman–Crippen LogP) is 0.813. The zero-order valence-electron chi connectivity index (χ0n) is 11.1. The maximum Gasteiger partial charge on any atom is 0.346 e. The molecule has 0 aliphatic heterocycles. The van der Waals surface area contributed by atoms with Gasteiger partial charge in [-0.05, 0) is 6.07 Å². The van der Waals surface area contributed by atoms with Crippen molar-refractivity contribution in [3.8, 4) is 11.3 Å². The lowest BCUT2D eigenvalue weighted by atomic mass is 10.1. The highest BCUT2D eigenvalue weighted by molar-refractivity contribution is 5.93. The summed E-state index contributed by atoms with van der Waals surface area (Å²) in [5, 5.41) is 2.64. The lowest BCUT2D eigenvalue weighted by Crippen LogP contribution is -2.29. The van der Waals surface area contributed by atoms with Crippen LogP contribution in [-0.4, -0.2) is 36.1 Å². The largest absolute Gasteiger partial charge is 0.383 e. The fourth-order valence-corrected chi connectivity index (χ4v) is 1.70. The van der Waals surface area contributed by atoms with E-state index in [-0.39, 0.29) is 11.6 Å². The van der Waals surface area contributed by atoms with Crippen LogP contribution in [0.4, 0.5) is 0 Å². The maximum absolute atomic E-state index is 11.9. The highest BCUT2D eigenvalue weighted by atomic mass is 16.5. The Morgan fingerprint density at radius 1 is 1.35 bits per heavy atom. The summed E-state index contributed by atoms with van der Waals surface area (Å²) in [5.74, 6) is -0.362. The fourth-order valence-electron chi connectivity index (χ4n) is 1.70. The summed E-state index contributed by atoms with van der Waals surface area (Å²) < 4.78 is 4.85. The molecule has 2 aromatic rings. The SMILES string of the molecule is COCCNC(=O)c1cc(-c2ccccc2)nc(=O)[nH]1. The van der Waals surface area contributed by atoms with Crippen LogP contribution in [-0.2, 0) is 4.74 Å². The Kier molecular flexibility index (Phi) is 4.62. The summed E-state index contributed by atoms with van der Waals surface area (Å²) in [7, 11) is 1.55. The molecule has 20 heavy (non-hydrogen) atoms. The molecule has 0 spiro atoms. The quantitative estimate of drug-likeness (QED) is 0.790. The number of carbonyl (C=O) groups is 1. The van der Waals surface area contributed by atoms with Gasteiger partial charge in [0.2, 0.25) is 0 Å². The standard InChI is InChI=1S/C14H15N3O3/c1-20-8-7-15-13(18)12-9-11(16-14(19)17-12)10-5-3-2-4-6-10/h2-6,9H,7-8H2,1H3,(H,15,18)(H,16,17,19). The summed E-state index contributed by atoms with van der Waals surface area (Å²) in [6, 6.07) is 10.8. The number of hydrogen-bond donors (Lipinski definition) is 2. The molecule has 6 nitrogen and oxygen atoms in total.